The van der Waals surface area contributed by atoms with E-state index in [9.17, 15) is 8.78 Å². The number of methoxy groups -OCH3 is 2. The van der Waals surface area contributed by atoms with E-state index in [-0.39, 0.29) is 12.8 Å². The van der Waals surface area contributed by atoms with Crippen molar-refractivity contribution < 1.29 is 18.3 Å². The number of halogens is 2. The zero-order valence-corrected chi connectivity index (χ0v) is 17.7. The number of nitrogens with zero attached hydrogens (tertiary/aromatic N) is 1. The van der Waals surface area contributed by atoms with Gasteiger partial charge in [-0.05, 0) is 34.9 Å². The molecule has 4 rings (SSSR count). The van der Waals surface area contributed by atoms with Crippen LogP contribution in [-0.4, -0.2) is 38.1 Å². The number of benzene rings is 3. The highest BCUT2D eigenvalue weighted by molar-refractivity contribution is 6.01. The van der Waals surface area contributed by atoms with Crippen molar-refractivity contribution in [2.24, 2.45) is 0 Å². The van der Waals surface area contributed by atoms with Crippen LogP contribution in [0.3, 0.4) is 0 Å². The van der Waals surface area contributed by atoms with E-state index < -0.39 is 5.92 Å². The molecule has 0 radical (unpaired) electrons. The topological polar surface area (TPSA) is 21.7 Å². The Morgan fingerprint density at radius 2 is 1.60 bits per heavy atom. The summed E-state index contributed by atoms with van der Waals surface area (Å²) in [5.74, 6) is -1.08. The quantitative estimate of drug-likeness (QED) is 0.509. The summed E-state index contributed by atoms with van der Waals surface area (Å²) >= 11 is 0. The lowest BCUT2D eigenvalue weighted by Gasteiger charge is -2.32. The van der Waals surface area contributed by atoms with Crippen LogP contribution in [-0.2, 0) is 6.54 Å². The van der Waals surface area contributed by atoms with Crippen LogP contribution in [0.1, 0.15) is 24.0 Å². The highest BCUT2D eigenvalue weighted by atomic mass is 19.3. The average molecular weight is 411 g/mol. The summed E-state index contributed by atoms with van der Waals surface area (Å²) in [6.45, 7) is 3.43. The number of likely N-dealkylation sites (tertiary alicyclic amines) is 1. The first kappa shape index (κ1) is 20.6. The lowest BCUT2D eigenvalue weighted by atomic mass is 9.93. The fourth-order valence-electron chi connectivity index (χ4n) is 4.35. The van der Waals surface area contributed by atoms with Crippen molar-refractivity contribution in [2.45, 2.75) is 32.2 Å². The van der Waals surface area contributed by atoms with Gasteiger partial charge in [0.25, 0.3) is 5.92 Å². The molecule has 0 spiro atoms. The first-order valence-electron chi connectivity index (χ1n) is 10.3. The highest BCUT2D eigenvalue weighted by Gasteiger charge is 2.34. The van der Waals surface area contributed by atoms with Crippen molar-refractivity contribution in [3.8, 4) is 22.6 Å². The minimum Gasteiger partial charge on any atom is -0.496 e. The van der Waals surface area contributed by atoms with Gasteiger partial charge in [0.15, 0.2) is 0 Å². The number of aryl methyl sites for hydroxylation is 1. The number of fused-ring (bicyclic) bond motifs is 1. The van der Waals surface area contributed by atoms with Crippen molar-refractivity contribution in [3.63, 3.8) is 0 Å². The third-order valence-electron chi connectivity index (χ3n) is 6.02. The zero-order chi connectivity index (χ0) is 21.3. The predicted molar refractivity (Wildman–Crippen MR) is 117 cm³/mol. The Kier molecular flexibility index (Phi) is 5.65. The van der Waals surface area contributed by atoms with Gasteiger partial charge < -0.3 is 9.47 Å². The molecule has 1 heterocycles. The molecule has 0 unspecified atom stereocenters. The van der Waals surface area contributed by atoms with Crippen molar-refractivity contribution in [1.82, 2.24) is 4.90 Å². The maximum atomic E-state index is 13.6. The first-order chi connectivity index (χ1) is 14.4. The molecule has 30 heavy (non-hydrogen) atoms. The summed E-state index contributed by atoms with van der Waals surface area (Å²) in [6, 6.07) is 16.4. The molecule has 0 N–H and O–H groups in total. The van der Waals surface area contributed by atoms with Gasteiger partial charge in [0.05, 0.1) is 19.8 Å². The third kappa shape index (κ3) is 3.86. The summed E-state index contributed by atoms with van der Waals surface area (Å²) in [5.41, 5.74) is 4.12. The summed E-state index contributed by atoms with van der Waals surface area (Å²) in [5, 5.41) is 2.31. The molecule has 3 nitrogen and oxygen atoms in total. The second kappa shape index (κ2) is 8.23. The summed E-state index contributed by atoms with van der Waals surface area (Å²) in [6.07, 6.45) is -0.193. The van der Waals surface area contributed by atoms with Crippen molar-refractivity contribution in [2.75, 3.05) is 27.3 Å². The molecule has 0 atom stereocenters. The number of alkyl halides is 2. The van der Waals surface area contributed by atoms with Crippen LogP contribution >= 0.6 is 0 Å². The van der Waals surface area contributed by atoms with Gasteiger partial charge in [0.1, 0.15) is 11.5 Å². The number of hydrogen-bond acceptors (Lipinski definition) is 3. The molecule has 3 aromatic carbocycles. The van der Waals surface area contributed by atoms with Crippen LogP contribution in [0.5, 0.6) is 11.5 Å². The zero-order valence-electron chi connectivity index (χ0n) is 17.7. The number of ether oxygens (including phenoxy) is 2. The molecule has 0 bridgehead atoms. The Morgan fingerprint density at radius 1 is 0.900 bits per heavy atom. The van der Waals surface area contributed by atoms with E-state index >= 15 is 0 Å². The van der Waals surface area contributed by atoms with Gasteiger partial charge in [0, 0.05) is 38.0 Å². The molecule has 1 aliphatic heterocycles. The molecule has 0 amide bonds. The van der Waals surface area contributed by atoms with Crippen molar-refractivity contribution >= 4 is 10.8 Å². The molecular weight excluding hydrogens is 384 g/mol. The van der Waals surface area contributed by atoms with Gasteiger partial charge in [-0.3, -0.25) is 4.90 Å². The highest BCUT2D eigenvalue weighted by Crippen LogP contribution is 2.44. The number of rotatable bonds is 5. The second-order valence-corrected chi connectivity index (χ2v) is 7.94. The maximum absolute atomic E-state index is 13.6. The second-order valence-electron chi connectivity index (χ2n) is 7.94. The van der Waals surface area contributed by atoms with E-state index in [0.29, 0.717) is 19.6 Å². The Balaban J connectivity index is 1.81. The smallest absolute Gasteiger partial charge is 0.250 e. The molecule has 158 valence electrons. The van der Waals surface area contributed by atoms with Crippen molar-refractivity contribution in [3.05, 3.63) is 59.7 Å². The molecule has 0 aliphatic carbocycles. The fraction of sp³-hybridized carbons (Fsp3) is 0.360. The maximum Gasteiger partial charge on any atom is 0.250 e. The molecule has 5 heteroatoms. The molecule has 1 saturated heterocycles. The predicted octanol–water partition coefficient (Wildman–Crippen LogP) is 6.06. The Morgan fingerprint density at radius 3 is 2.30 bits per heavy atom. The van der Waals surface area contributed by atoms with Crippen LogP contribution in [0.25, 0.3) is 21.9 Å². The molecular formula is C25H27F2NO2. The fourth-order valence-corrected chi connectivity index (χ4v) is 4.35. The first-order valence-corrected chi connectivity index (χ1v) is 10.3. The number of hydrogen-bond donors (Lipinski definition) is 0. The standard InChI is InChI=1S/C25H27F2NO2/c1-17-6-4-8-20-19(17)7-5-9-21(20)23-22(29-2)11-10-18(24(23)30-3)16-28-14-12-25(26,27)13-15-28/h4-11H,12-16H2,1-3H3. The summed E-state index contributed by atoms with van der Waals surface area (Å²) in [7, 11) is 3.31. The molecule has 0 saturated carbocycles. The normalized spacial score (nSPS) is 16.6. The van der Waals surface area contributed by atoms with Crippen LogP contribution in [0.4, 0.5) is 8.78 Å². The Bertz CT molecular complexity index is 1050. The molecule has 1 fully saturated rings. The van der Waals surface area contributed by atoms with Gasteiger partial charge in [-0.2, -0.15) is 0 Å². The van der Waals surface area contributed by atoms with E-state index in [1.54, 1.807) is 14.2 Å². The molecule has 3 aromatic rings. The van der Waals surface area contributed by atoms with Gasteiger partial charge in [-0.1, -0.05) is 42.5 Å². The minimum atomic E-state index is -2.55. The SMILES string of the molecule is COc1ccc(CN2CCC(F)(F)CC2)c(OC)c1-c1cccc2c(C)cccc12. The van der Waals surface area contributed by atoms with Crippen molar-refractivity contribution in [1.29, 1.82) is 0 Å². The van der Waals surface area contributed by atoms with Crippen LogP contribution in [0.2, 0.25) is 0 Å². The monoisotopic (exact) mass is 411 g/mol. The summed E-state index contributed by atoms with van der Waals surface area (Å²) in [4.78, 5) is 2.07. The molecule has 1 aliphatic rings. The molecule has 0 aromatic heterocycles. The van der Waals surface area contributed by atoms with E-state index in [2.05, 4.69) is 42.2 Å². The summed E-state index contributed by atoms with van der Waals surface area (Å²) < 4.78 is 38.7. The lowest BCUT2D eigenvalue weighted by Crippen LogP contribution is -2.38. The van der Waals surface area contributed by atoms with Crippen LogP contribution in [0, 0.1) is 6.92 Å². The average Bonchev–Trinajstić information content (AvgIpc) is 2.75. The minimum absolute atomic E-state index is 0.0963. The Labute approximate surface area is 176 Å². The van der Waals surface area contributed by atoms with Gasteiger partial charge in [-0.25, -0.2) is 8.78 Å². The van der Waals surface area contributed by atoms with E-state index in [0.717, 1.165) is 33.6 Å². The van der Waals surface area contributed by atoms with Gasteiger partial charge in [0.2, 0.25) is 0 Å². The Hall–Kier alpha value is -2.66. The van der Waals surface area contributed by atoms with E-state index in [1.807, 2.05) is 18.2 Å². The van der Waals surface area contributed by atoms with Crippen LogP contribution in [0.15, 0.2) is 48.5 Å². The number of piperidine rings is 1. The third-order valence-corrected chi connectivity index (χ3v) is 6.02. The van der Waals surface area contributed by atoms with E-state index in [1.165, 1.54) is 10.9 Å². The largest absolute Gasteiger partial charge is 0.496 e. The van der Waals surface area contributed by atoms with Crippen LogP contribution < -0.4 is 9.47 Å². The lowest BCUT2D eigenvalue weighted by molar-refractivity contribution is -0.0567. The van der Waals surface area contributed by atoms with Gasteiger partial charge in [-0.15, -0.1) is 0 Å². The van der Waals surface area contributed by atoms with E-state index in [4.69, 9.17) is 9.47 Å². The van der Waals surface area contributed by atoms with Gasteiger partial charge >= 0.3 is 0 Å².